The summed E-state index contributed by atoms with van der Waals surface area (Å²) in [6, 6.07) is 8.28. The number of rotatable bonds is 8. The van der Waals surface area contributed by atoms with Gasteiger partial charge >= 0.3 is 0 Å². The zero-order valence-corrected chi connectivity index (χ0v) is 15.9. The molecule has 3 rings (SSSR count). The lowest BCUT2D eigenvalue weighted by Crippen LogP contribution is -2.26. The highest BCUT2D eigenvalue weighted by atomic mass is 32.2. The Hall–Kier alpha value is -2.59. The molecule has 2 heterocycles. The fourth-order valence-corrected chi connectivity index (χ4v) is 3.42. The van der Waals surface area contributed by atoms with Crippen LogP contribution in [0.1, 0.15) is 19.7 Å². The Morgan fingerprint density at radius 3 is 2.56 bits per heavy atom. The van der Waals surface area contributed by atoms with E-state index < -0.39 is 15.8 Å². The van der Waals surface area contributed by atoms with Crippen molar-refractivity contribution in [2.75, 3.05) is 18.4 Å². The van der Waals surface area contributed by atoms with E-state index in [1.807, 2.05) is 6.07 Å². The van der Waals surface area contributed by atoms with Crippen LogP contribution in [-0.4, -0.2) is 41.3 Å². The molecule has 8 nitrogen and oxygen atoms in total. The van der Waals surface area contributed by atoms with E-state index in [1.54, 1.807) is 10.6 Å². The van der Waals surface area contributed by atoms with Crippen LogP contribution in [0.25, 0.3) is 5.65 Å². The van der Waals surface area contributed by atoms with Crippen molar-refractivity contribution in [2.45, 2.75) is 25.2 Å². The fourth-order valence-electron chi connectivity index (χ4n) is 2.39. The van der Waals surface area contributed by atoms with E-state index >= 15 is 0 Å². The molecule has 0 bridgehead atoms. The highest BCUT2D eigenvalue weighted by Gasteiger charge is 2.15. The van der Waals surface area contributed by atoms with Crippen LogP contribution in [0, 0.1) is 11.7 Å². The Bertz CT molecular complexity index is 1020. The van der Waals surface area contributed by atoms with E-state index in [9.17, 15) is 12.8 Å². The first kappa shape index (κ1) is 19.2. The second-order valence-electron chi connectivity index (χ2n) is 6.48. The topological polar surface area (TPSA) is 101 Å². The van der Waals surface area contributed by atoms with Crippen molar-refractivity contribution in [2.24, 2.45) is 5.92 Å². The molecule has 0 aliphatic carbocycles. The first-order valence-corrected chi connectivity index (χ1v) is 10.0. The van der Waals surface area contributed by atoms with Crippen molar-refractivity contribution >= 4 is 21.5 Å². The zero-order valence-electron chi connectivity index (χ0n) is 15.1. The number of fused-ring (bicyclic) bond motifs is 1. The van der Waals surface area contributed by atoms with Gasteiger partial charge in [0, 0.05) is 19.5 Å². The van der Waals surface area contributed by atoms with Gasteiger partial charge in [-0.05, 0) is 42.3 Å². The van der Waals surface area contributed by atoms with Crippen LogP contribution in [0.2, 0.25) is 0 Å². The summed E-state index contributed by atoms with van der Waals surface area (Å²) in [5.74, 6) is 1.23. The largest absolute Gasteiger partial charge is 0.368 e. The zero-order chi connectivity index (χ0) is 19.4. The van der Waals surface area contributed by atoms with Crippen molar-refractivity contribution in [1.29, 1.82) is 0 Å². The number of benzene rings is 1. The molecular weight excluding hydrogens is 371 g/mol. The molecule has 0 spiro atoms. The monoisotopic (exact) mass is 392 g/mol. The number of anilines is 1. The predicted molar refractivity (Wildman–Crippen MR) is 99.4 cm³/mol. The van der Waals surface area contributed by atoms with Gasteiger partial charge in [-0.15, -0.1) is 15.3 Å². The SMILES string of the molecule is CC(C)CNc1ccc2nnc(CCNS(=O)(=O)c3ccc(F)cc3)n2n1. The van der Waals surface area contributed by atoms with Gasteiger partial charge in [-0.2, -0.15) is 4.52 Å². The Morgan fingerprint density at radius 1 is 1.11 bits per heavy atom. The second-order valence-corrected chi connectivity index (χ2v) is 8.25. The third-order valence-electron chi connectivity index (χ3n) is 3.78. The smallest absolute Gasteiger partial charge is 0.240 e. The van der Waals surface area contributed by atoms with E-state index in [0.29, 0.717) is 29.6 Å². The molecule has 27 heavy (non-hydrogen) atoms. The number of hydrogen-bond acceptors (Lipinski definition) is 6. The Balaban J connectivity index is 1.67. The maximum Gasteiger partial charge on any atom is 0.240 e. The summed E-state index contributed by atoms with van der Waals surface area (Å²) in [5.41, 5.74) is 0.585. The summed E-state index contributed by atoms with van der Waals surface area (Å²) in [5, 5.41) is 15.8. The van der Waals surface area contributed by atoms with Gasteiger partial charge in [-0.25, -0.2) is 17.5 Å². The molecule has 144 valence electrons. The van der Waals surface area contributed by atoms with Gasteiger partial charge in [0.15, 0.2) is 11.5 Å². The molecular formula is C17H21FN6O2S. The first-order chi connectivity index (χ1) is 12.8. The average Bonchev–Trinajstić information content (AvgIpc) is 3.02. The van der Waals surface area contributed by atoms with E-state index in [2.05, 4.69) is 39.2 Å². The van der Waals surface area contributed by atoms with Gasteiger partial charge in [0.25, 0.3) is 0 Å². The quantitative estimate of drug-likeness (QED) is 0.607. The van der Waals surface area contributed by atoms with Crippen LogP contribution in [0.3, 0.4) is 0 Å². The normalized spacial score (nSPS) is 12.0. The minimum Gasteiger partial charge on any atom is -0.368 e. The van der Waals surface area contributed by atoms with Gasteiger partial charge < -0.3 is 5.32 Å². The molecule has 0 amide bonds. The lowest BCUT2D eigenvalue weighted by Gasteiger charge is -2.08. The van der Waals surface area contributed by atoms with Gasteiger partial charge in [0.1, 0.15) is 11.6 Å². The molecule has 0 radical (unpaired) electrons. The maximum absolute atomic E-state index is 12.9. The minimum atomic E-state index is -3.72. The fraction of sp³-hybridized carbons (Fsp3) is 0.353. The van der Waals surface area contributed by atoms with E-state index in [-0.39, 0.29) is 11.4 Å². The highest BCUT2D eigenvalue weighted by Crippen LogP contribution is 2.11. The molecule has 0 aliphatic heterocycles. The van der Waals surface area contributed by atoms with Crippen LogP contribution in [0.4, 0.5) is 10.2 Å². The summed E-state index contributed by atoms with van der Waals surface area (Å²) in [4.78, 5) is 0.00768. The number of aromatic nitrogens is 4. The minimum absolute atomic E-state index is 0.00768. The average molecular weight is 392 g/mol. The number of nitrogens with one attached hydrogen (secondary N) is 2. The molecule has 3 aromatic rings. The second kappa shape index (κ2) is 7.97. The Labute approximate surface area is 156 Å². The van der Waals surface area contributed by atoms with Crippen molar-refractivity contribution in [3.63, 3.8) is 0 Å². The summed E-state index contributed by atoms with van der Waals surface area (Å²) < 4.78 is 41.5. The molecule has 0 saturated carbocycles. The van der Waals surface area contributed by atoms with Crippen LogP contribution < -0.4 is 10.0 Å². The molecule has 1 aromatic carbocycles. The van der Waals surface area contributed by atoms with Gasteiger partial charge in [0.05, 0.1) is 4.90 Å². The maximum atomic E-state index is 12.9. The standard InChI is InChI=1S/C17H21FN6O2S/c1-12(2)11-19-15-7-8-16-21-22-17(24(16)23-15)9-10-20-27(25,26)14-5-3-13(18)4-6-14/h3-8,12,20H,9-11H2,1-2H3,(H,19,23). The summed E-state index contributed by atoms with van der Waals surface area (Å²) in [7, 11) is -3.72. The Kier molecular flexibility index (Phi) is 5.66. The highest BCUT2D eigenvalue weighted by molar-refractivity contribution is 7.89. The lowest BCUT2D eigenvalue weighted by molar-refractivity contribution is 0.579. The molecule has 0 aliphatic rings. The molecule has 0 unspecified atom stereocenters. The van der Waals surface area contributed by atoms with Crippen LogP contribution in [0.15, 0.2) is 41.3 Å². The molecule has 0 fully saturated rings. The summed E-state index contributed by atoms with van der Waals surface area (Å²) in [6.07, 6.45) is 0.308. The molecule has 0 saturated heterocycles. The van der Waals surface area contributed by atoms with Gasteiger partial charge in [-0.1, -0.05) is 13.8 Å². The lowest BCUT2D eigenvalue weighted by atomic mass is 10.2. The van der Waals surface area contributed by atoms with Gasteiger partial charge in [0.2, 0.25) is 10.0 Å². The molecule has 0 atom stereocenters. The van der Waals surface area contributed by atoms with Gasteiger partial charge in [-0.3, -0.25) is 0 Å². The third kappa shape index (κ3) is 4.77. The molecule has 2 N–H and O–H groups in total. The van der Waals surface area contributed by atoms with Crippen LogP contribution >= 0.6 is 0 Å². The van der Waals surface area contributed by atoms with Crippen LogP contribution in [-0.2, 0) is 16.4 Å². The predicted octanol–water partition coefficient (Wildman–Crippen LogP) is 1.85. The Morgan fingerprint density at radius 2 is 1.85 bits per heavy atom. The third-order valence-corrected chi connectivity index (χ3v) is 5.26. The summed E-state index contributed by atoms with van der Waals surface area (Å²) >= 11 is 0. The van der Waals surface area contributed by atoms with Crippen molar-refractivity contribution in [3.8, 4) is 0 Å². The summed E-state index contributed by atoms with van der Waals surface area (Å²) in [6.45, 7) is 5.10. The van der Waals surface area contributed by atoms with Crippen molar-refractivity contribution in [3.05, 3.63) is 48.0 Å². The molecule has 2 aromatic heterocycles. The van der Waals surface area contributed by atoms with E-state index in [0.717, 1.165) is 18.7 Å². The number of sulfonamides is 1. The number of hydrogen-bond donors (Lipinski definition) is 2. The van der Waals surface area contributed by atoms with E-state index in [1.165, 1.54) is 12.1 Å². The number of halogens is 1. The van der Waals surface area contributed by atoms with Crippen LogP contribution in [0.5, 0.6) is 0 Å². The van der Waals surface area contributed by atoms with E-state index in [4.69, 9.17) is 0 Å². The van der Waals surface area contributed by atoms with Crippen molar-refractivity contribution in [1.82, 2.24) is 24.5 Å². The van der Waals surface area contributed by atoms with Crippen molar-refractivity contribution < 1.29 is 12.8 Å². The number of nitrogens with zero attached hydrogens (tertiary/aromatic N) is 4. The molecule has 10 heteroatoms. The first-order valence-electron chi connectivity index (χ1n) is 8.55.